The van der Waals surface area contributed by atoms with Crippen LogP contribution in [0.2, 0.25) is 0 Å². The molecule has 0 saturated heterocycles. The van der Waals surface area contributed by atoms with Crippen LogP contribution < -0.4 is 10.5 Å². The summed E-state index contributed by atoms with van der Waals surface area (Å²) in [6.07, 6.45) is 0. The highest BCUT2D eigenvalue weighted by atomic mass is 32.2. The topological polar surface area (TPSA) is 127 Å². The number of carboxylic acids is 1. The molecule has 4 N–H and O–H groups in total. The third-order valence-electron chi connectivity index (χ3n) is 3.96. The molecule has 1 amide bonds. The van der Waals surface area contributed by atoms with Gasteiger partial charge in [0.25, 0.3) is 10.0 Å². The Morgan fingerprint density at radius 2 is 1.64 bits per heavy atom. The molecule has 0 atom stereocenters. The van der Waals surface area contributed by atoms with Crippen LogP contribution in [0.4, 0.5) is 5.69 Å². The molecule has 0 aliphatic carbocycles. The Labute approximate surface area is 165 Å². The summed E-state index contributed by atoms with van der Waals surface area (Å²) < 4.78 is 27.6. The number of carbonyl (C=O) groups excluding carboxylic acids is 1. The maximum absolute atomic E-state index is 12.6. The summed E-state index contributed by atoms with van der Waals surface area (Å²) in [7, 11) is -3.94. The van der Waals surface area contributed by atoms with E-state index >= 15 is 0 Å². The minimum Gasteiger partial charge on any atom is -0.477 e. The number of benzene rings is 2. The number of thiophene rings is 1. The number of nitrogens with two attached hydrogens (primary N) is 1. The highest BCUT2D eigenvalue weighted by molar-refractivity contribution is 7.92. The molecule has 0 bridgehead atoms. The molecule has 2 aromatic carbocycles. The Balaban J connectivity index is 1.98. The van der Waals surface area contributed by atoms with E-state index in [1.807, 2.05) is 6.92 Å². The number of aromatic carboxylic acids is 1. The average Bonchev–Trinajstić information content (AvgIpc) is 3.05. The molecular formula is C19H16N2O5S2. The second-order valence-electron chi connectivity index (χ2n) is 6.02. The molecule has 0 spiro atoms. The van der Waals surface area contributed by atoms with Gasteiger partial charge in [-0.05, 0) is 42.8 Å². The standard InChI is InChI=1S/C19H16N2O5S2/c1-11-2-8-14(9-3-11)28(25,26)21-15-10-16(27-17(15)19(23)24)12-4-6-13(7-5-12)18(20)22/h2-10,21H,1H3,(H2,20,22)(H,23,24). The summed E-state index contributed by atoms with van der Waals surface area (Å²) in [4.78, 5) is 23.2. The summed E-state index contributed by atoms with van der Waals surface area (Å²) in [5, 5.41) is 9.46. The van der Waals surface area contributed by atoms with E-state index in [2.05, 4.69) is 4.72 Å². The number of rotatable bonds is 6. The molecule has 0 saturated carbocycles. The van der Waals surface area contributed by atoms with Gasteiger partial charge in [-0.2, -0.15) is 0 Å². The number of nitrogens with one attached hydrogen (secondary N) is 1. The van der Waals surface area contributed by atoms with Gasteiger partial charge in [0, 0.05) is 10.4 Å². The third-order valence-corrected chi connectivity index (χ3v) is 6.51. The van der Waals surface area contributed by atoms with Gasteiger partial charge in [0.05, 0.1) is 10.6 Å². The number of carboxylic acid groups (broad SMARTS) is 1. The van der Waals surface area contributed by atoms with Crippen LogP contribution in [0.1, 0.15) is 25.6 Å². The van der Waals surface area contributed by atoms with Crippen molar-refractivity contribution in [2.45, 2.75) is 11.8 Å². The molecule has 0 radical (unpaired) electrons. The SMILES string of the molecule is Cc1ccc(S(=O)(=O)Nc2cc(-c3ccc(C(N)=O)cc3)sc2C(=O)O)cc1. The Bertz CT molecular complexity index is 1150. The molecule has 9 heteroatoms. The number of aryl methyl sites for hydroxylation is 1. The lowest BCUT2D eigenvalue weighted by atomic mass is 10.1. The summed E-state index contributed by atoms with van der Waals surface area (Å²) in [6, 6.07) is 14.0. The van der Waals surface area contributed by atoms with Gasteiger partial charge in [-0.1, -0.05) is 29.8 Å². The summed E-state index contributed by atoms with van der Waals surface area (Å²) in [6.45, 7) is 1.83. The first-order chi connectivity index (χ1) is 13.2. The molecule has 1 aromatic heterocycles. The Morgan fingerprint density at radius 1 is 1.04 bits per heavy atom. The molecular weight excluding hydrogens is 400 g/mol. The highest BCUT2D eigenvalue weighted by Gasteiger charge is 2.22. The normalized spacial score (nSPS) is 11.2. The molecule has 3 rings (SSSR count). The van der Waals surface area contributed by atoms with Crippen LogP contribution in [0, 0.1) is 6.92 Å². The second-order valence-corrected chi connectivity index (χ2v) is 8.75. The van der Waals surface area contributed by atoms with Crippen molar-refractivity contribution in [3.63, 3.8) is 0 Å². The van der Waals surface area contributed by atoms with Gasteiger partial charge in [-0.25, -0.2) is 13.2 Å². The second kappa shape index (κ2) is 7.45. The van der Waals surface area contributed by atoms with E-state index in [4.69, 9.17) is 5.73 Å². The number of carbonyl (C=O) groups is 2. The first-order valence-corrected chi connectivity index (χ1v) is 10.3. The highest BCUT2D eigenvalue weighted by Crippen LogP contribution is 2.36. The largest absolute Gasteiger partial charge is 0.477 e. The van der Waals surface area contributed by atoms with Crippen LogP contribution in [0.15, 0.2) is 59.5 Å². The van der Waals surface area contributed by atoms with Crippen LogP contribution in [-0.2, 0) is 10.0 Å². The van der Waals surface area contributed by atoms with Gasteiger partial charge in [0.1, 0.15) is 4.88 Å². The maximum Gasteiger partial charge on any atom is 0.348 e. The molecule has 0 unspecified atom stereocenters. The predicted molar refractivity (Wildman–Crippen MR) is 107 cm³/mol. The third kappa shape index (κ3) is 4.05. The summed E-state index contributed by atoms with van der Waals surface area (Å²) >= 11 is 0.931. The Kier molecular flexibility index (Phi) is 5.21. The lowest BCUT2D eigenvalue weighted by Crippen LogP contribution is -2.14. The zero-order valence-electron chi connectivity index (χ0n) is 14.7. The lowest BCUT2D eigenvalue weighted by molar-refractivity contribution is 0.0703. The fourth-order valence-corrected chi connectivity index (χ4v) is 4.57. The molecule has 0 aliphatic rings. The van der Waals surface area contributed by atoms with Crippen molar-refractivity contribution in [2.75, 3.05) is 4.72 Å². The molecule has 0 fully saturated rings. The quantitative estimate of drug-likeness (QED) is 0.568. The van der Waals surface area contributed by atoms with Crippen molar-refractivity contribution < 1.29 is 23.1 Å². The van der Waals surface area contributed by atoms with Crippen molar-refractivity contribution in [3.8, 4) is 10.4 Å². The fraction of sp³-hybridized carbons (Fsp3) is 0.0526. The van der Waals surface area contributed by atoms with Crippen molar-refractivity contribution in [1.82, 2.24) is 0 Å². The number of primary amides is 1. The zero-order valence-corrected chi connectivity index (χ0v) is 16.3. The minimum absolute atomic E-state index is 0.0212. The number of sulfonamides is 1. The number of hydrogen-bond donors (Lipinski definition) is 3. The van der Waals surface area contributed by atoms with E-state index in [0.717, 1.165) is 16.9 Å². The van der Waals surface area contributed by atoms with Crippen molar-refractivity contribution in [3.05, 3.63) is 70.6 Å². The number of amides is 1. The van der Waals surface area contributed by atoms with E-state index in [0.29, 0.717) is 16.0 Å². The van der Waals surface area contributed by atoms with Gasteiger partial charge >= 0.3 is 5.97 Å². The molecule has 144 valence electrons. The maximum atomic E-state index is 12.6. The van der Waals surface area contributed by atoms with Crippen molar-refractivity contribution >= 4 is 38.9 Å². The van der Waals surface area contributed by atoms with Crippen LogP contribution in [-0.4, -0.2) is 25.4 Å². The van der Waals surface area contributed by atoms with E-state index < -0.39 is 21.9 Å². The van der Waals surface area contributed by atoms with Crippen LogP contribution in [0.25, 0.3) is 10.4 Å². The van der Waals surface area contributed by atoms with Gasteiger partial charge in [0.15, 0.2) is 0 Å². The smallest absolute Gasteiger partial charge is 0.348 e. The summed E-state index contributed by atoms with van der Waals surface area (Å²) in [5.41, 5.74) is 7.05. The van der Waals surface area contributed by atoms with Crippen LogP contribution in [0.5, 0.6) is 0 Å². The number of anilines is 1. The summed E-state index contributed by atoms with van der Waals surface area (Å²) in [5.74, 6) is -1.82. The molecule has 1 heterocycles. The van der Waals surface area contributed by atoms with Crippen molar-refractivity contribution in [1.29, 1.82) is 0 Å². The van der Waals surface area contributed by atoms with E-state index in [1.165, 1.54) is 30.3 Å². The van der Waals surface area contributed by atoms with E-state index in [9.17, 15) is 23.1 Å². The number of hydrogen-bond acceptors (Lipinski definition) is 5. The van der Waals surface area contributed by atoms with Gasteiger partial charge in [0.2, 0.25) is 5.91 Å². The molecule has 28 heavy (non-hydrogen) atoms. The van der Waals surface area contributed by atoms with Crippen LogP contribution in [0.3, 0.4) is 0 Å². The molecule has 3 aromatic rings. The van der Waals surface area contributed by atoms with Gasteiger partial charge in [-0.15, -0.1) is 11.3 Å². The lowest BCUT2D eigenvalue weighted by Gasteiger charge is -2.07. The van der Waals surface area contributed by atoms with Crippen molar-refractivity contribution in [2.24, 2.45) is 5.73 Å². The Hall–Kier alpha value is -3.17. The minimum atomic E-state index is -3.94. The predicted octanol–water partition coefficient (Wildman–Crippen LogP) is 3.32. The first-order valence-electron chi connectivity index (χ1n) is 8.04. The first kappa shape index (κ1) is 19.6. The molecule has 0 aliphatic heterocycles. The Morgan fingerprint density at radius 3 is 2.18 bits per heavy atom. The monoisotopic (exact) mass is 416 g/mol. The van der Waals surface area contributed by atoms with E-state index in [1.54, 1.807) is 24.3 Å². The zero-order chi connectivity index (χ0) is 20.5. The van der Waals surface area contributed by atoms with E-state index in [-0.39, 0.29) is 15.5 Å². The molecule has 7 nitrogen and oxygen atoms in total. The van der Waals surface area contributed by atoms with Gasteiger partial charge in [-0.3, -0.25) is 9.52 Å². The fourth-order valence-electron chi connectivity index (χ4n) is 2.49. The van der Waals surface area contributed by atoms with Crippen LogP contribution >= 0.6 is 11.3 Å². The average molecular weight is 416 g/mol. The van der Waals surface area contributed by atoms with Gasteiger partial charge < -0.3 is 10.8 Å².